The van der Waals surface area contributed by atoms with Crippen molar-refractivity contribution in [3.8, 4) is 5.75 Å². The molecule has 3 heteroatoms. The Morgan fingerprint density at radius 3 is 2.56 bits per heavy atom. The lowest BCUT2D eigenvalue weighted by Gasteiger charge is -2.10. The van der Waals surface area contributed by atoms with Gasteiger partial charge in [-0.1, -0.05) is 29.8 Å². The summed E-state index contributed by atoms with van der Waals surface area (Å²) in [6.45, 7) is 1.97. The average molecular weight is 234 g/mol. The number of rotatable bonds is 2. The Kier molecular flexibility index (Phi) is 3.02. The maximum absolute atomic E-state index is 9.68. The molecule has 2 rings (SSSR count). The first-order chi connectivity index (χ1) is 7.66. The molecule has 2 nitrogen and oxygen atoms in total. The van der Waals surface area contributed by atoms with Crippen LogP contribution in [0.4, 0.5) is 11.4 Å². The van der Waals surface area contributed by atoms with Crippen LogP contribution < -0.4 is 5.32 Å². The highest BCUT2D eigenvalue weighted by atomic mass is 35.5. The monoisotopic (exact) mass is 233 g/mol. The van der Waals surface area contributed by atoms with Crippen LogP contribution in [0.15, 0.2) is 42.5 Å². The lowest BCUT2D eigenvalue weighted by Crippen LogP contribution is -1.92. The maximum atomic E-state index is 9.68. The molecule has 2 aromatic rings. The van der Waals surface area contributed by atoms with E-state index in [1.165, 1.54) is 0 Å². The number of phenolic OH excluding ortho intramolecular Hbond substituents is 1. The number of hydrogen-bond acceptors (Lipinski definition) is 2. The molecule has 82 valence electrons. The number of nitrogens with one attached hydrogen (secondary N) is 1. The third-order valence-corrected chi connectivity index (χ3v) is 2.62. The normalized spacial score (nSPS) is 10.1. The van der Waals surface area contributed by atoms with Crippen molar-refractivity contribution in [1.82, 2.24) is 0 Å². The SMILES string of the molecule is Cc1ccc(O)c(Nc2ccccc2Cl)c1. The zero-order valence-electron chi connectivity index (χ0n) is 8.87. The molecule has 2 aromatic carbocycles. The number of aryl methyl sites for hydroxylation is 1. The summed E-state index contributed by atoms with van der Waals surface area (Å²) in [5, 5.41) is 13.4. The van der Waals surface area contributed by atoms with E-state index < -0.39 is 0 Å². The maximum Gasteiger partial charge on any atom is 0.139 e. The van der Waals surface area contributed by atoms with Crippen molar-refractivity contribution in [3.63, 3.8) is 0 Å². The highest BCUT2D eigenvalue weighted by Crippen LogP contribution is 2.30. The summed E-state index contributed by atoms with van der Waals surface area (Å²) in [5.74, 6) is 0.213. The second-order valence-corrected chi connectivity index (χ2v) is 4.03. The first-order valence-corrected chi connectivity index (χ1v) is 5.36. The van der Waals surface area contributed by atoms with Crippen molar-refractivity contribution in [3.05, 3.63) is 53.1 Å². The molecule has 0 aliphatic heterocycles. The van der Waals surface area contributed by atoms with Crippen molar-refractivity contribution in [2.75, 3.05) is 5.32 Å². The van der Waals surface area contributed by atoms with Crippen LogP contribution in [0.2, 0.25) is 5.02 Å². The summed E-state index contributed by atoms with van der Waals surface area (Å²) in [7, 11) is 0. The molecule has 0 aromatic heterocycles. The van der Waals surface area contributed by atoms with Crippen LogP contribution in [0.1, 0.15) is 5.56 Å². The fourth-order valence-corrected chi connectivity index (χ4v) is 1.64. The number of benzene rings is 2. The minimum absolute atomic E-state index is 0.213. The summed E-state index contributed by atoms with van der Waals surface area (Å²) in [6.07, 6.45) is 0. The van der Waals surface area contributed by atoms with Crippen LogP contribution in [0.3, 0.4) is 0 Å². The molecule has 0 spiro atoms. The Morgan fingerprint density at radius 1 is 1.06 bits per heavy atom. The highest BCUT2D eigenvalue weighted by molar-refractivity contribution is 6.33. The van der Waals surface area contributed by atoms with Gasteiger partial charge in [0.1, 0.15) is 5.75 Å². The molecule has 16 heavy (non-hydrogen) atoms. The van der Waals surface area contributed by atoms with Gasteiger partial charge in [0, 0.05) is 0 Å². The van der Waals surface area contributed by atoms with Crippen LogP contribution in [-0.2, 0) is 0 Å². The molecule has 0 atom stereocenters. The molecular formula is C13H12ClNO. The van der Waals surface area contributed by atoms with Crippen molar-refractivity contribution < 1.29 is 5.11 Å². The molecule has 2 N–H and O–H groups in total. The van der Waals surface area contributed by atoms with E-state index in [2.05, 4.69) is 5.32 Å². The van der Waals surface area contributed by atoms with Gasteiger partial charge in [-0.3, -0.25) is 0 Å². The molecule has 0 saturated carbocycles. The molecular weight excluding hydrogens is 222 g/mol. The van der Waals surface area contributed by atoms with Crippen LogP contribution >= 0.6 is 11.6 Å². The van der Waals surface area contributed by atoms with Gasteiger partial charge in [-0.2, -0.15) is 0 Å². The van der Waals surface area contributed by atoms with Crippen molar-refractivity contribution >= 4 is 23.0 Å². The third-order valence-electron chi connectivity index (χ3n) is 2.30. The number of phenols is 1. The molecule has 0 unspecified atom stereocenters. The fourth-order valence-electron chi connectivity index (χ4n) is 1.46. The highest BCUT2D eigenvalue weighted by Gasteiger charge is 2.03. The van der Waals surface area contributed by atoms with E-state index in [4.69, 9.17) is 11.6 Å². The van der Waals surface area contributed by atoms with E-state index in [0.29, 0.717) is 10.7 Å². The van der Waals surface area contributed by atoms with Gasteiger partial charge in [0.05, 0.1) is 16.4 Å². The molecule has 0 aliphatic rings. The van der Waals surface area contributed by atoms with Gasteiger partial charge in [-0.05, 0) is 36.8 Å². The van der Waals surface area contributed by atoms with Gasteiger partial charge in [0.2, 0.25) is 0 Å². The van der Waals surface area contributed by atoms with Gasteiger partial charge in [-0.15, -0.1) is 0 Å². The molecule has 0 radical (unpaired) electrons. The second kappa shape index (κ2) is 4.45. The van der Waals surface area contributed by atoms with Gasteiger partial charge in [0.25, 0.3) is 0 Å². The predicted octanol–water partition coefficient (Wildman–Crippen LogP) is 4.10. The topological polar surface area (TPSA) is 32.3 Å². The number of halogens is 1. The lowest BCUT2D eigenvalue weighted by atomic mass is 10.2. The second-order valence-electron chi connectivity index (χ2n) is 3.63. The van der Waals surface area contributed by atoms with E-state index in [9.17, 15) is 5.11 Å². The van der Waals surface area contributed by atoms with E-state index in [-0.39, 0.29) is 5.75 Å². The third kappa shape index (κ3) is 2.28. The summed E-state index contributed by atoms with van der Waals surface area (Å²) in [4.78, 5) is 0. The summed E-state index contributed by atoms with van der Waals surface area (Å²) >= 11 is 6.02. The molecule has 0 aliphatic carbocycles. The average Bonchev–Trinajstić information content (AvgIpc) is 2.27. The molecule has 0 heterocycles. The fraction of sp³-hybridized carbons (Fsp3) is 0.0769. The Hall–Kier alpha value is -1.67. The summed E-state index contributed by atoms with van der Waals surface area (Å²) in [6, 6.07) is 12.8. The summed E-state index contributed by atoms with van der Waals surface area (Å²) in [5.41, 5.74) is 2.52. The van der Waals surface area contributed by atoms with E-state index >= 15 is 0 Å². The molecule has 0 amide bonds. The van der Waals surface area contributed by atoms with Gasteiger partial charge < -0.3 is 10.4 Å². The van der Waals surface area contributed by atoms with Gasteiger partial charge in [-0.25, -0.2) is 0 Å². The van der Waals surface area contributed by atoms with Crippen LogP contribution in [0.5, 0.6) is 5.75 Å². The number of anilines is 2. The van der Waals surface area contributed by atoms with E-state index in [1.54, 1.807) is 12.1 Å². The molecule has 0 bridgehead atoms. The lowest BCUT2D eigenvalue weighted by molar-refractivity contribution is 0.477. The smallest absolute Gasteiger partial charge is 0.139 e. The van der Waals surface area contributed by atoms with Gasteiger partial charge in [0.15, 0.2) is 0 Å². The van der Waals surface area contributed by atoms with Crippen LogP contribution in [-0.4, -0.2) is 5.11 Å². The quantitative estimate of drug-likeness (QED) is 0.766. The first-order valence-electron chi connectivity index (χ1n) is 4.98. The summed E-state index contributed by atoms with van der Waals surface area (Å²) < 4.78 is 0. The Balaban J connectivity index is 2.34. The van der Waals surface area contributed by atoms with Gasteiger partial charge >= 0.3 is 0 Å². The van der Waals surface area contributed by atoms with Crippen molar-refractivity contribution in [1.29, 1.82) is 0 Å². The first kappa shape index (κ1) is 10.8. The van der Waals surface area contributed by atoms with E-state index in [0.717, 1.165) is 11.3 Å². The largest absolute Gasteiger partial charge is 0.506 e. The molecule has 0 fully saturated rings. The van der Waals surface area contributed by atoms with Crippen LogP contribution in [0.25, 0.3) is 0 Å². The molecule has 0 saturated heterocycles. The Labute approximate surface area is 99.5 Å². The number of para-hydroxylation sites is 1. The standard InChI is InChI=1S/C13H12ClNO/c1-9-6-7-13(16)12(8-9)15-11-5-3-2-4-10(11)14/h2-8,15-16H,1H3. The number of aromatic hydroxyl groups is 1. The van der Waals surface area contributed by atoms with Crippen molar-refractivity contribution in [2.24, 2.45) is 0 Å². The Bertz CT molecular complexity index is 511. The minimum atomic E-state index is 0.213. The zero-order chi connectivity index (χ0) is 11.5. The van der Waals surface area contributed by atoms with E-state index in [1.807, 2.05) is 37.3 Å². The van der Waals surface area contributed by atoms with Crippen LogP contribution in [0, 0.1) is 6.92 Å². The Morgan fingerprint density at radius 2 is 1.81 bits per heavy atom. The minimum Gasteiger partial charge on any atom is -0.506 e. The zero-order valence-corrected chi connectivity index (χ0v) is 9.62. The van der Waals surface area contributed by atoms with Crippen molar-refractivity contribution in [2.45, 2.75) is 6.92 Å². The predicted molar refractivity (Wildman–Crippen MR) is 67.6 cm³/mol. The number of hydrogen-bond donors (Lipinski definition) is 2.